The minimum absolute atomic E-state index is 0.114. The third-order valence-electron chi connectivity index (χ3n) is 4.66. The van der Waals surface area contributed by atoms with Crippen LogP contribution in [0, 0.1) is 0 Å². The number of hydrogen-bond acceptors (Lipinski definition) is 2. The highest BCUT2D eigenvalue weighted by Crippen LogP contribution is 2.24. The van der Waals surface area contributed by atoms with E-state index in [9.17, 15) is 4.79 Å². The maximum Gasteiger partial charge on any atom is 0.245 e. The second kappa shape index (κ2) is 10.1. The third kappa shape index (κ3) is 5.24. The molecule has 1 atom stereocenters. The number of aromatic nitrogens is 1. The zero-order chi connectivity index (χ0) is 19.8. The van der Waals surface area contributed by atoms with Crippen molar-refractivity contribution in [3.8, 4) is 0 Å². The standard InChI is InChI=1S/C23H25ClN2O2/c1-28-16-15-26(23(27)22(24)20-11-6-3-7-12-20)18-21-13-8-14-25(21)17-19-9-4-2-5-10-19/h2-14,22H,15-18H2,1H3/t22-/m0/s1. The van der Waals surface area contributed by atoms with Gasteiger partial charge in [0.2, 0.25) is 5.91 Å². The monoisotopic (exact) mass is 396 g/mol. The molecule has 1 aromatic heterocycles. The van der Waals surface area contributed by atoms with E-state index in [4.69, 9.17) is 16.3 Å². The van der Waals surface area contributed by atoms with Crippen LogP contribution in [0.5, 0.6) is 0 Å². The molecule has 0 fully saturated rings. The summed E-state index contributed by atoms with van der Waals surface area (Å²) in [6, 6.07) is 23.8. The molecule has 0 spiro atoms. The minimum Gasteiger partial charge on any atom is -0.383 e. The lowest BCUT2D eigenvalue weighted by Gasteiger charge is -2.25. The summed E-state index contributed by atoms with van der Waals surface area (Å²) < 4.78 is 7.37. The van der Waals surface area contributed by atoms with Gasteiger partial charge in [0.25, 0.3) is 0 Å². The molecule has 1 heterocycles. The van der Waals surface area contributed by atoms with E-state index in [1.807, 2.05) is 66.9 Å². The number of carbonyl (C=O) groups is 1. The van der Waals surface area contributed by atoms with Crippen LogP contribution in [0.1, 0.15) is 22.2 Å². The van der Waals surface area contributed by atoms with Gasteiger partial charge in [0.1, 0.15) is 5.38 Å². The topological polar surface area (TPSA) is 34.5 Å². The third-order valence-corrected chi connectivity index (χ3v) is 5.10. The molecule has 3 aromatic rings. The van der Waals surface area contributed by atoms with Gasteiger partial charge in [-0.25, -0.2) is 0 Å². The highest BCUT2D eigenvalue weighted by Gasteiger charge is 2.24. The molecular weight excluding hydrogens is 372 g/mol. The van der Waals surface area contributed by atoms with Crippen molar-refractivity contribution in [2.24, 2.45) is 0 Å². The van der Waals surface area contributed by atoms with Crippen molar-refractivity contribution >= 4 is 17.5 Å². The molecule has 2 aromatic carbocycles. The predicted octanol–water partition coefficient (Wildman–Crippen LogP) is 4.49. The molecule has 0 radical (unpaired) electrons. The van der Waals surface area contributed by atoms with Gasteiger partial charge in [0.15, 0.2) is 0 Å². The van der Waals surface area contributed by atoms with Crippen molar-refractivity contribution in [1.29, 1.82) is 0 Å². The van der Waals surface area contributed by atoms with Crippen LogP contribution in [0.4, 0.5) is 0 Å². The number of carbonyl (C=O) groups excluding carboxylic acids is 1. The maximum absolute atomic E-state index is 13.1. The normalized spacial score (nSPS) is 11.9. The Bertz CT molecular complexity index is 865. The average Bonchev–Trinajstić information content (AvgIpc) is 3.18. The first-order chi connectivity index (χ1) is 13.7. The van der Waals surface area contributed by atoms with Gasteiger partial charge in [0.05, 0.1) is 13.2 Å². The van der Waals surface area contributed by atoms with Crippen LogP contribution in [0.2, 0.25) is 0 Å². The van der Waals surface area contributed by atoms with E-state index in [2.05, 4.69) is 16.7 Å². The summed E-state index contributed by atoms with van der Waals surface area (Å²) in [6.07, 6.45) is 2.04. The summed E-state index contributed by atoms with van der Waals surface area (Å²) in [5, 5.41) is -0.712. The summed E-state index contributed by atoms with van der Waals surface area (Å²) in [7, 11) is 1.64. The van der Waals surface area contributed by atoms with Crippen LogP contribution in [0.3, 0.4) is 0 Å². The zero-order valence-corrected chi connectivity index (χ0v) is 16.8. The van der Waals surface area contributed by atoms with E-state index < -0.39 is 5.38 Å². The number of rotatable bonds is 9. The molecule has 1 amide bonds. The maximum atomic E-state index is 13.1. The smallest absolute Gasteiger partial charge is 0.245 e. The van der Waals surface area contributed by atoms with Crippen molar-refractivity contribution in [3.63, 3.8) is 0 Å². The Labute approximate surface area is 171 Å². The van der Waals surface area contributed by atoms with Gasteiger partial charge >= 0.3 is 0 Å². The fraction of sp³-hybridized carbons (Fsp3) is 0.261. The Morgan fingerprint density at radius 2 is 1.71 bits per heavy atom. The van der Waals surface area contributed by atoms with Gasteiger partial charge in [-0.2, -0.15) is 0 Å². The lowest BCUT2D eigenvalue weighted by atomic mass is 10.1. The Hall–Kier alpha value is -2.56. The molecular formula is C23H25ClN2O2. The second-order valence-corrected chi connectivity index (χ2v) is 7.08. The van der Waals surface area contributed by atoms with Gasteiger partial charge in [0, 0.05) is 32.1 Å². The van der Waals surface area contributed by atoms with Crippen molar-refractivity contribution in [1.82, 2.24) is 9.47 Å². The van der Waals surface area contributed by atoms with E-state index in [0.717, 1.165) is 17.8 Å². The van der Waals surface area contributed by atoms with E-state index in [-0.39, 0.29) is 5.91 Å². The Balaban J connectivity index is 1.76. The summed E-state index contributed by atoms with van der Waals surface area (Å²) in [5.74, 6) is -0.114. The van der Waals surface area contributed by atoms with E-state index in [1.165, 1.54) is 5.56 Å². The highest BCUT2D eigenvalue weighted by molar-refractivity contribution is 6.30. The lowest BCUT2D eigenvalue weighted by molar-refractivity contribution is -0.132. The molecule has 0 aliphatic carbocycles. The van der Waals surface area contributed by atoms with Crippen LogP contribution in [-0.2, 0) is 22.6 Å². The molecule has 0 saturated heterocycles. The van der Waals surface area contributed by atoms with Gasteiger partial charge in [-0.3, -0.25) is 4.79 Å². The minimum atomic E-state index is -0.712. The van der Waals surface area contributed by atoms with Gasteiger partial charge in [-0.05, 0) is 23.3 Å². The summed E-state index contributed by atoms with van der Waals surface area (Å²) in [5.41, 5.74) is 3.08. The number of amides is 1. The number of methoxy groups -OCH3 is 1. The Kier molecular flexibility index (Phi) is 7.29. The van der Waals surface area contributed by atoms with Crippen LogP contribution in [0.25, 0.3) is 0 Å². The molecule has 28 heavy (non-hydrogen) atoms. The Morgan fingerprint density at radius 1 is 1.04 bits per heavy atom. The molecule has 0 aliphatic heterocycles. The number of halogens is 1. The van der Waals surface area contributed by atoms with Gasteiger partial charge in [-0.1, -0.05) is 60.7 Å². The van der Waals surface area contributed by atoms with Gasteiger partial charge < -0.3 is 14.2 Å². The van der Waals surface area contributed by atoms with Crippen LogP contribution in [0.15, 0.2) is 79.0 Å². The Morgan fingerprint density at radius 3 is 2.39 bits per heavy atom. The molecule has 5 heteroatoms. The first-order valence-corrected chi connectivity index (χ1v) is 9.77. The van der Waals surface area contributed by atoms with E-state index >= 15 is 0 Å². The quantitative estimate of drug-likeness (QED) is 0.499. The number of benzene rings is 2. The van der Waals surface area contributed by atoms with Crippen molar-refractivity contribution in [3.05, 3.63) is 95.8 Å². The number of nitrogens with zero attached hydrogens (tertiary/aromatic N) is 2. The van der Waals surface area contributed by atoms with Crippen molar-refractivity contribution in [2.75, 3.05) is 20.3 Å². The van der Waals surface area contributed by atoms with E-state index in [1.54, 1.807) is 12.0 Å². The zero-order valence-electron chi connectivity index (χ0n) is 16.0. The number of alkyl halides is 1. The summed E-state index contributed by atoms with van der Waals surface area (Å²) in [4.78, 5) is 14.8. The fourth-order valence-electron chi connectivity index (χ4n) is 3.12. The molecule has 4 nitrogen and oxygen atoms in total. The molecule has 3 rings (SSSR count). The average molecular weight is 397 g/mol. The first-order valence-electron chi connectivity index (χ1n) is 9.33. The SMILES string of the molecule is COCCN(Cc1cccn1Cc1ccccc1)C(=O)[C@@H](Cl)c1ccccc1. The molecule has 0 bridgehead atoms. The molecule has 0 saturated carbocycles. The van der Waals surface area contributed by atoms with Crippen molar-refractivity contribution < 1.29 is 9.53 Å². The largest absolute Gasteiger partial charge is 0.383 e. The van der Waals surface area contributed by atoms with Crippen LogP contribution in [-0.4, -0.2) is 35.6 Å². The number of hydrogen-bond donors (Lipinski definition) is 0. The summed E-state index contributed by atoms with van der Waals surface area (Å²) >= 11 is 6.50. The summed E-state index contributed by atoms with van der Waals surface area (Å²) in [6.45, 7) is 2.20. The molecule has 0 N–H and O–H groups in total. The van der Waals surface area contributed by atoms with Crippen molar-refractivity contribution in [2.45, 2.75) is 18.5 Å². The second-order valence-electron chi connectivity index (χ2n) is 6.64. The highest BCUT2D eigenvalue weighted by atomic mass is 35.5. The predicted molar refractivity (Wildman–Crippen MR) is 112 cm³/mol. The lowest BCUT2D eigenvalue weighted by Crippen LogP contribution is -2.36. The number of ether oxygens (including phenoxy) is 1. The molecule has 146 valence electrons. The first kappa shape index (κ1) is 20.2. The van der Waals surface area contributed by atoms with Crippen LogP contribution < -0.4 is 0 Å². The van der Waals surface area contributed by atoms with Crippen LogP contribution >= 0.6 is 11.6 Å². The van der Waals surface area contributed by atoms with Gasteiger partial charge in [-0.15, -0.1) is 11.6 Å². The fourth-order valence-corrected chi connectivity index (χ4v) is 3.40. The van der Waals surface area contributed by atoms with E-state index in [0.29, 0.717) is 19.7 Å². The molecule has 0 aliphatic rings. The molecule has 0 unspecified atom stereocenters.